The van der Waals surface area contributed by atoms with Gasteiger partial charge in [-0.3, -0.25) is 4.79 Å². The van der Waals surface area contributed by atoms with Crippen molar-refractivity contribution in [3.05, 3.63) is 69.9 Å². The summed E-state index contributed by atoms with van der Waals surface area (Å²) < 4.78 is 28.8. The van der Waals surface area contributed by atoms with E-state index in [1.165, 1.54) is 36.6 Å². The first kappa shape index (κ1) is 28.0. The molecule has 5 rings (SSSR count). The van der Waals surface area contributed by atoms with Crippen LogP contribution in [0.4, 0.5) is 8.78 Å². The van der Waals surface area contributed by atoms with Crippen molar-refractivity contribution >= 4 is 5.91 Å². The molecule has 1 amide bonds. The zero-order valence-corrected chi connectivity index (χ0v) is 23.8. The minimum atomic E-state index is -1.70. The Hall–Kier alpha value is -2.51. The maximum atomic E-state index is 14.6. The van der Waals surface area contributed by atoms with E-state index in [4.69, 9.17) is 5.73 Å². The second-order valence-electron chi connectivity index (χ2n) is 12.3. The van der Waals surface area contributed by atoms with E-state index >= 15 is 0 Å². The van der Waals surface area contributed by atoms with Crippen molar-refractivity contribution in [1.29, 1.82) is 0 Å². The largest absolute Gasteiger partial charge is 0.348 e. The fraction of sp³-hybridized carbons (Fsp3) is 0.594. The first-order valence-corrected chi connectivity index (χ1v) is 14.7. The van der Waals surface area contributed by atoms with Crippen LogP contribution >= 0.6 is 0 Å². The predicted molar refractivity (Wildman–Crippen MR) is 153 cm³/mol. The molecule has 0 aromatic heterocycles. The van der Waals surface area contributed by atoms with Gasteiger partial charge in [-0.25, -0.2) is 8.78 Å². The molecule has 5 aliphatic rings. The molecule has 3 N–H and O–H groups in total. The molecule has 7 heteroatoms. The summed E-state index contributed by atoms with van der Waals surface area (Å²) in [5, 5.41) is 2.93. The topological polar surface area (TPSA) is 61.6 Å². The van der Waals surface area contributed by atoms with Crippen LogP contribution in [0.3, 0.4) is 0 Å². The number of alkyl halides is 1. The average Bonchev–Trinajstić information content (AvgIpc) is 3.10. The summed E-state index contributed by atoms with van der Waals surface area (Å²) in [4.78, 5) is 18.6. The molecule has 2 aliphatic heterocycles. The Balaban J connectivity index is 1.50. The van der Waals surface area contributed by atoms with Crippen LogP contribution in [0.2, 0.25) is 0 Å². The van der Waals surface area contributed by atoms with Gasteiger partial charge in [-0.05, 0) is 94.7 Å². The number of allylic oxidation sites excluding steroid dienone is 5. The molecule has 2 saturated carbocycles. The van der Waals surface area contributed by atoms with Crippen LogP contribution in [-0.2, 0) is 4.79 Å². The van der Waals surface area contributed by atoms with Crippen LogP contribution in [0.15, 0.2) is 69.9 Å². The molecule has 2 heterocycles. The van der Waals surface area contributed by atoms with Crippen LogP contribution in [0.5, 0.6) is 0 Å². The van der Waals surface area contributed by atoms with Gasteiger partial charge in [-0.1, -0.05) is 31.6 Å². The van der Waals surface area contributed by atoms with Crippen molar-refractivity contribution in [3.8, 4) is 0 Å². The molecule has 0 spiro atoms. The molecular formula is C32H44F2N4O. The van der Waals surface area contributed by atoms with Gasteiger partial charge in [0.25, 0.3) is 5.91 Å². The van der Waals surface area contributed by atoms with Gasteiger partial charge in [-0.15, -0.1) is 0 Å². The molecule has 3 aliphatic carbocycles. The summed E-state index contributed by atoms with van der Waals surface area (Å²) in [6, 6.07) is -0.133. The number of nitrogens with two attached hydrogens (primary N) is 1. The highest BCUT2D eigenvalue weighted by atomic mass is 19.1. The highest BCUT2D eigenvalue weighted by Gasteiger charge is 2.46. The molecule has 0 bridgehead atoms. The van der Waals surface area contributed by atoms with Crippen LogP contribution in [-0.4, -0.2) is 60.1 Å². The lowest BCUT2D eigenvalue weighted by molar-refractivity contribution is -0.117. The number of rotatable bonds is 9. The average molecular weight is 539 g/mol. The number of amides is 1. The van der Waals surface area contributed by atoms with E-state index < -0.39 is 11.5 Å². The lowest BCUT2D eigenvalue weighted by Crippen LogP contribution is -2.43. The zero-order chi connectivity index (χ0) is 27.9. The summed E-state index contributed by atoms with van der Waals surface area (Å²) >= 11 is 0. The van der Waals surface area contributed by atoms with Crippen molar-refractivity contribution in [1.82, 2.24) is 15.1 Å². The van der Waals surface area contributed by atoms with Gasteiger partial charge < -0.3 is 20.9 Å². The molecule has 1 saturated heterocycles. The van der Waals surface area contributed by atoms with Gasteiger partial charge in [0.2, 0.25) is 0 Å². The molecule has 0 radical (unpaired) electrons. The Kier molecular flexibility index (Phi) is 8.03. The smallest absolute Gasteiger partial charge is 0.253 e. The summed E-state index contributed by atoms with van der Waals surface area (Å²) in [6.07, 6.45) is 13.7. The number of fused-ring (bicyclic) bond motifs is 1. The number of likely N-dealkylation sites (N-methyl/N-ethyl adjacent to an activating group) is 1. The molecule has 3 fully saturated rings. The Labute approximate surface area is 232 Å². The number of carbonyl (C=O) groups is 1. The summed E-state index contributed by atoms with van der Waals surface area (Å²) in [7, 11) is 2.15. The molecule has 0 aromatic carbocycles. The molecular weight excluding hydrogens is 494 g/mol. The Morgan fingerprint density at radius 3 is 2.67 bits per heavy atom. The summed E-state index contributed by atoms with van der Waals surface area (Å²) in [5.74, 6) is -0.523. The van der Waals surface area contributed by atoms with E-state index in [1.807, 2.05) is 0 Å². The lowest BCUT2D eigenvalue weighted by Gasteiger charge is -2.42. The fourth-order valence-corrected chi connectivity index (χ4v) is 6.61. The molecule has 0 aromatic rings. The van der Waals surface area contributed by atoms with Gasteiger partial charge in [0.15, 0.2) is 0 Å². The fourth-order valence-electron chi connectivity index (χ4n) is 6.61. The van der Waals surface area contributed by atoms with Crippen LogP contribution in [0.1, 0.15) is 71.6 Å². The third kappa shape index (κ3) is 5.58. The number of hydrogen-bond donors (Lipinski definition) is 2. The van der Waals surface area contributed by atoms with Crippen molar-refractivity contribution < 1.29 is 13.6 Å². The van der Waals surface area contributed by atoms with Crippen LogP contribution < -0.4 is 11.1 Å². The van der Waals surface area contributed by atoms with E-state index in [2.05, 4.69) is 41.7 Å². The second-order valence-corrected chi connectivity index (χ2v) is 12.3. The molecule has 5 nitrogen and oxygen atoms in total. The Morgan fingerprint density at radius 1 is 1.33 bits per heavy atom. The second kappa shape index (κ2) is 11.2. The van der Waals surface area contributed by atoms with Crippen molar-refractivity contribution in [2.45, 2.75) is 89.4 Å². The zero-order valence-electron chi connectivity index (χ0n) is 23.8. The minimum absolute atomic E-state index is 0.00139. The monoisotopic (exact) mass is 538 g/mol. The number of nitrogens with zero attached hydrogens (tertiary/aromatic N) is 2. The van der Waals surface area contributed by atoms with E-state index in [0.29, 0.717) is 17.1 Å². The molecule has 3 atom stereocenters. The van der Waals surface area contributed by atoms with Crippen molar-refractivity contribution in [3.63, 3.8) is 0 Å². The van der Waals surface area contributed by atoms with Gasteiger partial charge in [-0.2, -0.15) is 0 Å². The molecule has 212 valence electrons. The summed E-state index contributed by atoms with van der Waals surface area (Å²) in [5.41, 5.74) is 11.4. The summed E-state index contributed by atoms with van der Waals surface area (Å²) in [6.45, 7) is 9.89. The van der Waals surface area contributed by atoms with Crippen LogP contribution in [0, 0.1) is 5.92 Å². The maximum Gasteiger partial charge on any atom is 0.253 e. The first-order valence-electron chi connectivity index (χ1n) is 14.7. The van der Waals surface area contributed by atoms with Gasteiger partial charge in [0.1, 0.15) is 11.5 Å². The predicted octanol–water partition coefficient (Wildman–Crippen LogP) is 5.75. The number of nitrogens with one attached hydrogen (secondary N) is 1. The maximum absolute atomic E-state index is 14.6. The molecule has 39 heavy (non-hydrogen) atoms. The van der Waals surface area contributed by atoms with Crippen LogP contribution in [0.25, 0.3) is 0 Å². The van der Waals surface area contributed by atoms with Gasteiger partial charge in [0, 0.05) is 48.6 Å². The van der Waals surface area contributed by atoms with Gasteiger partial charge >= 0.3 is 0 Å². The quantitative estimate of drug-likeness (QED) is 0.393. The van der Waals surface area contributed by atoms with E-state index in [-0.39, 0.29) is 31.0 Å². The standard InChI is InChI=1S/C32H44F2N4O/c1-5-14-37(4)19-24-16-26(35)30-29(31(39)36-18-23-12-13-32(3,34)17-25(23)33)20(2)28(22-10-7-11-22)27(38(24)30)15-21-8-6-9-21/h12,15,17,22,24,26H,2,5-11,13-14,16,18-19,35H2,1,3-4H3,(H,36,39). The van der Waals surface area contributed by atoms with E-state index in [9.17, 15) is 13.6 Å². The third-order valence-electron chi connectivity index (χ3n) is 9.05. The number of hydrogen-bond acceptors (Lipinski definition) is 4. The third-order valence-corrected chi connectivity index (χ3v) is 9.05. The molecule has 3 unspecified atom stereocenters. The van der Waals surface area contributed by atoms with E-state index in [0.717, 1.165) is 69.0 Å². The Bertz CT molecular complexity index is 1180. The number of halogens is 2. The first-order chi connectivity index (χ1) is 18.6. The SMILES string of the molecule is C=C1C(C(=O)NCC2=CCC(C)(F)C=C2F)=C2C(N)CC(CN(C)CCC)N2C(C=C2CCC2)=C1C1CCC1. The normalized spacial score (nSPS) is 29.3. The highest BCUT2D eigenvalue weighted by Crippen LogP contribution is 2.49. The lowest BCUT2D eigenvalue weighted by atomic mass is 9.72. The van der Waals surface area contributed by atoms with Gasteiger partial charge in [0.05, 0.1) is 5.57 Å². The van der Waals surface area contributed by atoms with E-state index in [1.54, 1.807) is 6.08 Å². The van der Waals surface area contributed by atoms with Crippen molar-refractivity contribution in [2.24, 2.45) is 11.7 Å². The number of carbonyl (C=O) groups excluding carboxylic acids is 1. The van der Waals surface area contributed by atoms with Crippen molar-refractivity contribution in [2.75, 3.05) is 26.7 Å². The minimum Gasteiger partial charge on any atom is -0.348 e. The highest BCUT2D eigenvalue weighted by molar-refractivity contribution is 6.01. The Morgan fingerprint density at radius 2 is 2.08 bits per heavy atom.